The number of carbonyl (C=O) groups excluding carboxylic acids is 2. The fraction of sp³-hybridized carbons (Fsp3) is 0.333. The number of phenolic OH excluding ortho intramolecular Hbond substituents is 1. The Kier molecular flexibility index (Phi) is 8.21. The monoisotopic (exact) mass is 570 g/mol. The van der Waals surface area contributed by atoms with Gasteiger partial charge < -0.3 is 19.5 Å². The third-order valence-corrected chi connectivity index (χ3v) is 9.05. The highest BCUT2D eigenvalue weighted by Crippen LogP contribution is 2.42. The van der Waals surface area contributed by atoms with Crippen LogP contribution in [-0.4, -0.2) is 72.5 Å². The zero-order valence-corrected chi connectivity index (χ0v) is 23.8. The Morgan fingerprint density at radius 1 is 0.878 bits per heavy atom. The van der Waals surface area contributed by atoms with E-state index in [1.807, 2.05) is 35.2 Å². The molecule has 0 atom stereocenters. The highest BCUT2D eigenvalue weighted by Gasteiger charge is 2.23. The lowest BCUT2D eigenvalue weighted by Crippen LogP contribution is -2.29. The number of thiophene rings is 1. The molecule has 2 fully saturated rings. The summed E-state index contributed by atoms with van der Waals surface area (Å²) >= 11 is 1.54. The predicted molar refractivity (Wildman–Crippen MR) is 161 cm³/mol. The molecule has 212 valence electrons. The van der Waals surface area contributed by atoms with Gasteiger partial charge in [-0.05, 0) is 86.4 Å². The molecule has 0 spiro atoms. The highest BCUT2D eigenvalue weighted by molar-refractivity contribution is 7.22. The number of aromatic hydroxyl groups is 1. The summed E-state index contributed by atoms with van der Waals surface area (Å²) in [6, 6.07) is 20.4. The summed E-state index contributed by atoms with van der Waals surface area (Å²) in [5, 5.41) is 11.7. The van der Waals surface area contributed by atoms with Crippen molar-refractivity contribution in [1.29, 1.82) is 0 Å². The number of nitrogens with zero attached hydrogens (tertiary/aromatic N) is 2. The van der Waals surface area contributed by atoms with E-state index in [4.69, 9.17) is 9.47 Å². The smallest absolute Gasteiger partial charge is 0.222 e. The van der Waals surface area contributed by atoms with Gasteiger partial charge in [-0.2, -0.15) is 0 Å². The molecule has 0 unspecified atom stereocenters. The van der Waals surface area contributed by atoms with Crippen LogP contribution in [0.25, 0.3) is 20.5 Å². The van der Waals surface area contributed by atoms with Gasteiger partial charge in [-0.3, -0.25) is 14.5 Å². The number of hydrogen-bond donors (Lipinski definition) is 1. The molecular weight excluding hydrogens is 536 g/mol. The number of fused-ring (bicyclic) bond motifs is 1. The largest absolute Gasteiger partial charge is 0.504 e. The van der Waals surface area contributed by atoms with Crippen molar-refractivity contribution in [1.82, 2.24) is 9.80 Å². The average Bonchev–Trinajstić information content (AvgIpc) is 3.74. The topological polar surface area (TPSA) is 79.3 Å². The summed E-state index contributed by atoms with van der Waals surface area (Å²) in [4.78, 5) is 30.7. The van der Waals surface area contributed by atoms with Crippen LogP contribution in [0.3, 0.4) is 0 Å². The molecule has 41 heavy (non-hydrogen) atoms. The Morgan fingerprint density at radius 2 is 1.66 bits per heavy atom. The van der Waals surface area contributed by atoms with Crippen LogP contribution in [0.4, 0.5) is 0 Å². The lowest BCUT2D eigenvalue weighted by atomic mass is 9.97. The minimum Gasteiger partial charge on any atom is -0.504 e. The third kappa shape index (κ3) is 6.09. The molecular formula is C33H34N2O5S. The zero-order chi connectivity index (χ0) is 28.2. The van der Waals surface area contributed by atoms with E-state index in [0.717, 1.165) is 53.1 Å². The van der Waals surface area contributed by atoms with E-state index in [2.05, 4.69) is 4.90 Å². The van der Waals surface area contributed by atoms with Crippen molar-refractivity contribution < 1.29 is 24.2 Å². The maximum absolute atomic E-state index is 13.9. The maximum atomic E-state index is 13.9. The van der Waals surface area contributed by atoms with Crippen molar-refractivity contribution in [2.24, 2.45) is 0 Å². The number of ketones is 1. The summed E-state index contributed by atoms with van der Waals surface area (Å²) < 4.78 is 12.7. The Labute approximate surface area is 243 Å². The molecule has 1 N–H and O–H groups in total. The maximum Gasteiger partial charge on any atom is 0.222 e. The van der Waals surface area contributed by atoms with Crippen molar-refractivity contribution in [2.45, 2.75) is 25.7 Å². The number of phenols is 1. The minimum absolute atomic E-state index is 0.0666. The lowest BCUT2D eigenvalue weighted by molar-refractivity contribution is -0.128. The van der Waals surface area contributed by atoms with Crippen molar-refractivity contribution in [2.75, 3.05) is 45.9 Å². The van der Waals surface area contributed by atoms with Crippen molar-refractivity contribution in [3.8, 4) is 27.7 Å². The Balaban J connectivity index is 1.19. The second-order valence-corrected chi connectivity index (χ2v) is 11.6. The first kappa shape index (κ1) is 27.3. The second kappa shape index (κ2) is 12.3. The first-order chi connectivity index (χ1) is 20.1. The number of amides is 1. The summed E-state index contributed by atoms with van der Waals surface area (Å²) in [5.41, 5.74) is 1.95. The number of ether oxygens (including phenoxy) is 2. The fourth-order valence-electron chi connectivity index (χ4n) is 5.61. The van der Waals surface area contributed by atoms with Crippen LogP contribution in [0, 0.1) is 0 Å². The quantitative estimate of drug-likeness (QED) is 0.224. The molecule has 1 aromatic heterocycles. The van der Waals surface area contributed by atoms with Gasteiger partial charge in [0, 0.05) is 45.6 Å². The summed E-state index contributed by atoms with van der Waals surface area (Å²) in [5.74, 6) is 1.27. The molecule has 2 aliphatic heterocycles. The van der Waals surface area contributed by atoms with Gasteiger partial charge in [0.2, 0.25) is 5.91 Å². The molecule has 7 nitrogen and oxygen atoms in total. The standard InChI is InChI=1S/C33H34N2O5S/c36-27-22-24(11-14-28(27)40-20-18-34-15-3-4-16-34)33-31(26-6-1-2-7-29(26)41-33)32(38)23-9-12-25(13-10-23)39-21-19-35-17-5-8-30(35)37/h1-2,6-7,9-14,22,36H,3-5,8,15-21H2. The van der Waals surface area contributed by atoms with E-state index < -0.39 is 0 Å². The number of carbonyl (C=O) groups is 2. The molecule has 2 aliphatic rings. The van der Waals surface area contributed by atoms with Crippen LogP contribution in [0.2, 0.25) is 0 Å². The molecule has 3 aromatic carbocycles. The van der Waals surface area contributed by atoms with Crippen molar-refractivity contribution in [3.05, 3.63) is 77.9 Å². The molecule has 0 saturated carbocycles. The summed E-state index contributed by atoms with van der Waals surface area (Å²) in [7, 11) is 0. The predicted octanol–water partition coefficient (Wildman–Crippen LogP) is 5.98. The molecule has 0 aliphatic carbocycles. The first-order valence-electron chi connectivity index (χ1n) is 14.3. The number of rotatable bonds is 11. The molecule has 2 saturated heterocycles. The van der Waals surface area contributed by atoms with Crippen LogP contribution in [-0.2, 0) is 4.79 Å². The molecule has 3 heterocycles. The van der Waals surface area contributed by atoms with Gasteiger partial charge in [0.05, 0.1) is 6.54 Å². The van der Waals surface area contributed by atoms with E-state index >= 15 is 0 Å². The Bertz CT molecular complexity index is 1540. The summed E-state index contributed by atoms with van der Waals surface area (Å²) in [6.07, 6.45) is 3.99. The van der Waals surface area contributed by atoms with E-state index in [0.29, 0.717) is 48.8 Å². The van der Waals surface area contributed by atoms with Gasteiger partial charge in [0.15, 0.2) is 17.3 Å². The first-order valence-corrected chi connectivity index (χ1v) is 15.1. The molecule has 4 aromatic rings. The fourth-order valence-corrected chi connectivity index (χ4v) is 6.80. The SMILES string of the molecule is O=C(c1ccc(OCCN2CCCC2=O)cc1)c1c(-c2ccc(OCCN3CCCC3)c(O)c2)sc2ccccc12. The molecule has 0 bridgehead atoms. The van der Waals surface area contributed by atoms with E-state index in [1.54, 1.807) is 36.4 Å². The van der Waals surface area contributed by atoms with Crippen LogP contribution < -0.4 is 9.47 Å². The minimum atomic E-state index is -0.0860. The van der Waals surface area contributed by atoms with Crippen LogP contribution in [0.5, 0.6) is 17.2 Å². The summed E-state index contributed by atoms with van der Waals surface area (Å²) in [6.45, 7) is 5.35. The number of benzene rings is 3. The van der Waals surface area contributed by atoms with Crippen LogP contribution in [0.15, 0.2) is 66.7 Å². The average molecular weight is 571 g/mol. The van der Waals surface area contributed by atoms with Gasteiger partial charge in [-0.15, -0.1) is 11.3 Å². The third-order valence-electron chi connectivity index (χ3n) is 7.83. The highest BCUT2D eigenvalue weighted by atomic mass is 32.1. The van der Waals surface area contributed by atoms with Crippen LogP contribution in [0.1, 0.15) is 41.6 Å². The van der Waals surface area contributed by atoms with Crippen molar-refractivity contribution >= 4 is 33.1 Å². The van der Waals surface area contributed by atoms with E-state index in [9.17, 15) is 14.7 Å². The lowest BCUT2D eigenvalue weighted by Gasteiger charge is -2.16. The normalized spacial score (nSPS) is 15.6. The van der Waals surface area contributed by atoms with Gasteiger partial charge in [-0.1, -0.05) is 18.2 Å². The van der Waals surface area contributed by atoms with Gasteiger partial charge in [-0.25, -0.2) is 0 Å². The molecule has 8 heteroatoms. The molecule has 6 rings (SSSR count). The van der Waals surface area contributed by atoms with Gasteiger partial charge in [0.1, 0.15) is 19.0 Å². The zero-order valence-electron chi connectivity index (χ0n) is 23.0. The second-order valence-electron chi connectivity index (χ2n) is 10.6. The van der Waals surface area contributed by atoms with Gasteiger partial charge >= 0.3 is 0 Å². The molecule has 0 radical (unpaired) electrons. The Morgan fingerprint density at radius 3 is 2.41 bits per heavy atom. The van der Waals surface area contributed by atoms with Crippen molar-refractivity contribution in [3.63, 3.8) is 0 Å². The van der Waals surface area contributed by atoms with E-state index in [-0.39, 0.29) is 17.4 Å². The Hall–Kier alpha value is -3.88. The van der Waals surface area contributed by atoms with E-state index in [1.165, 1.54) is 24.2 Å². The van der Waals surface area contributed by atoms with Crippen LogP contribution >= 0.6 is 11.3 Å². The number of likely N-dealkylation sites (tertiary alicyclic amines) is 2. The number of hydrogen-bond acceptors (Lipinski definition) is 7. The molecule has 1 amide bonds. The van der Waals surface area contributed by atoms with Gasteiger partial charge in [0.25, 0.3) is 0 Å².